The van der Waals surface area contributed by atoms with Crippen molar-refractivity contribution >= 4 is 15.7 Å². The lowest BCUT2D eigenvalue weighted by atomic mass is 10.00. The van der Waals surface area contributed by atoms with E-state index < -0.39 is 14.9 Å². The fourth-order valence-corrected chi connectivity index (χ4v) is 3.94. The molecule has 0 spiro atoms. The van der Waals surface area contributed by atoms with Gasteiger partial charge in [-0.25, -0.2) is 12.7 Å². The zero-order valence-corrected chi connectivity index (χ0v) is 12.7. The van der Waals surface area contributed by atoms with Crippen LogP contribution in [0, 0.1) is 16.0 Å². The van der Waals surface area contributed by atoms with E-state index in [9.17, 15) is 18.5 Å². The van der Waals surface area contributed by atoms with Crippen LogP contribution in [0.25, 0.3) is 0 Å². The van der Waals surface area contributed by atoms with Gasteiger partial charge in [0.1, 0.15) is 0 Å². The first-order chi connectivity index (χ1) is 9.93. The van der Waals surface area contributed by atoms with Gasteiger partial charge < -0.3 is 5.32 Å². The van der Waals surface area contributed by atoms with Crippen molar-refractivity contribution in [2.45, 2.75) is 17.7 Å². The van der Waals surface area contributed by atoms with Crippen LogP contribution >= 0.6 is 0 Å². The maximum atomic E-state index is 12.5. The highest BCUT2D eigenvalue weighted by Gasteiger charge is 2.30. The Balaban J connectivity index is 2.22. The molecule has 1 atom stereocenters. The quantitative estimate of drug-likeness (QED) is 0.651. The highest BCUT2D eigenvalue weighted by atomic mass is 32.2. The van der Waals surface area contributed by atoms with Crippen molar-refractivity contribution in [2.24, 2.45) is 5.92 Å². The van der Waals surface area contributed by atoms with Crippen LogP contribution in [-0.4, -0.2) is 44.3 Å². The van der Waals surface area contributed by atoms with Crippen molar-refractivity contribution in [2.75, 3.05) is 26.7 Å². The van der Waals surface area contributed by atoms with E-state index in [0.717, 1.165) is 25.9 Å². The SMILES string of the molecule is CN(CC1CCCNC1)S(=O)(=O)c1ccccc1[N+](=O)[O-]. The first-order valence-corrected chi connectivity index (χ1v) is 8.27. The molecule has 1 heterocycles. The van der Waals surface area contributed by atoms with Crippen molar-refractivity contribution in [1.82, 2.24) is 9.62 Å². The van der Waals surface area contributed by atoms with Crippen LogP contribution in [0.15, 0.2) is 29.2 Å². The molecule has 7 nitrogen and oxygen atoms in total. The Bertz CT molecular complexity index is 612. The third-order valence-electron chi connectivity index (χ3n) is 3.66. The van der Waals surface area contributed by atoms with Gasteiger partial charge in [0.05, 0.1) is 4.92 Å². The van der Waals surface area contributed by atoms with Gasteiger partial charge >= 0.3 is 0 Å². The molecule has 2 rings (SSSR count). The van der Waals surface area contributed by atoms with E-state index in [1.165, 1.54) is 35.6 Å². The second-order valence-electron chi connectivity index (χ2n) is 5.22. The Hall–Kier alpha value is -1.51. The molecule has 8 heteroatoms. The zero-order chi connectivity index (χ0) is 15.5. The van der Waals surface area contributed by atoms with E-state index in [1.54, 1.807) is 0 Å². The van der Waals surface area contributed by atoms with Crippen LogP contribution in [-0.2, 0) is 10.0 Å². The van der Waals surface area contributed by atoms with Gasteiger partial charge in [-0.3, -0.25) is 10.1 Å². The molecule has 1 aromatic rings. The number of nitrogens with one attached hydrogen (secondary N) is 1. The van der Waals surface area contributed by atoms with Gasteiger partial charge in [-0.2, -0.15) is 0 Å². The molecule has 1 fully saturated rings. The maximum absolute atomic E-state index is 12.5. The van der Waals surface area contributed by atoms with Gasteiger partial charge in [0.25, 0.3) is 5.69 Å². The third kappa shape index (κ3) is 3.58. The van der Waals surface area contributed by atoms with E-state index in [4.69, 9.17) is 0 Å². The number of hydrogen-bond donors (Lipinski definition) is 1. The van der Waals surface area contributed by atoms with Gasteiger partial charge in [0.15, 0.2) is 4.90 Å². The average molecular weight is 313 g/mol. The van der Waals surface area contributed by atoms with Crippen LogP contribution in [0.2, 0.25) is 0 Å². The van der Waals surface area contributed by atoms with Crippen LogP contribution in [0.1, 0.15) is 12.8 Å². The van der Waals surface area contributed by atoms with Gasteiger partial charge in [-0.15, -0.1) is 0 Å². The van der Waals surface area contributed by atoms with Gasteiger partial charge in [-0.05, 0) is 37.9 Å². The monoisotopic (exact) mass is 313 g/mol. The summed E-state index contributed by atoms with van der Waals surface area (Å²) in [6.45, 7) is 2.09. The summed E-state index contributed by atoms with van der Waals surface area (Å²) in [6.07, 6.45) is 1.98. The van der Waals surface area contributed by atoms with E-state index in [-0.39, 0.29) is 16.5 Å². The van der Waals surface area contributed by atoms with Crippen molar-refractivity contribution in [1.29, 1.82) is 0 Å². The summed E-state index contributed by atoms with van der Waals surface area (Å²) in [5.74, 6) is 0.237. The molecular formula is C13H19N3O4S. The Kier molecular flexibility index (Phi) is 4.92. The zero-order valence-electron chi connectivity index (χ0n) is 11.9. The summed E-state index contributed by atoms with van der Waals surface area (Å²) in [7, 11) is -2.38. The number of para-hydroxylation sites is 1. The molecule has 0 amide bonds. The molecular weight excluding hydrogens is 294 g/mol. The van der Waals surface area contributed by atoms with E-state index in [1.807, 2.05) is 0 Å². The number of benzene rings is 1. The lowest BCUT2D eigenvalue weighted by Crippen LogP contribution is -2.39. The first-order valence-electron chi connectivity index (χ1n) is 6.83. The molecule has 1 aliphatic rings. The Morgan fingerprint density at radius 2 is 2.14 bits per heavy atom. The molecule has 1 N–H and O–H groups in total. The van der Waals surface area contributed by atoms with Crippen molar-refractivity contribution < 1.29 is 13.3 Å². The first kappa shape index (κ1) is 15.9. The molecule has 0 aromatic heterocycles. The van der Waals surface area contributed by atoms with E-state index in [2.05, 4.69) is 5.32 Å². The molecule has 116 valence electrons. The summed E-state index contributed by atoms with van der Waals surface area (Å²) >= 11 is 0. The smallest absolute Gasteiger partial charge is 0.289 e. The number of rotatable bonds is 5. The molecule has 0 bridgehead atoms. The fourth-order valence-electron chi connectivity index (χ4n) is 2.54. The average Bonchev–Trinajstić information content (AvgIpc) is 2.48. The minimum Gasteiger partial charge on any atom is -0.316 e. The molecule has 0 radical (unpaired) electrons. The number of nitrogens with zero attached hydrogens (tertiary/aromatic N) is 2. The van der Waals surface area contributed by atoms with Crippen molar-refractivity contribution in [3.05, 3.63) is 34.4 Å². The predicted molar refractivity (Wildman–Crippen MR) is 78.5 cm³/mol. The van der Waals surface area contributed by atoms with Crippen molar-refractivity contribution in [3.8, 4) is 0 Å². The normalized spacial score (nSPS) is 19.6. The lowest BCUT2D eigenvalue weighted by molar-refractivity contribution is -0.387. The fraction of sp³-hybridized carbons (Fsp3) is 0.538. The third-order valence-corrected chi connectivity index (χ3v) is 5.54. The van der Waals surface area contributed by atoms with Gasteiger partial charge in [0.2, 0.25) is 10.0 Å². The van der Waals surface area contributed by atoms with Gasteiger partial charge in [-0.1, -0.05) is 12.1 Å². The minimum atomic E-state index is -3.85. The lowest BCUT2D eigenvalue weighted by Gasteiger charge is -2.27. The Morgan fingerprint density at radius 3 is 2.76 bits per heavy atom. The highest BCUT2D eigenvalue weighted by molar-refractivity contribution is 7.89. The number of nitro benzene ring substituents is 1. The molecule has 1 aliphatic heterocycles. The number of piperidine rings is 1. The van der Waals surface area contributed by atoms with E-state index >= 15 is 0 Å². The summed E-state index contributed by atoms with van der Waals surface area (Å²) in [5.41, 5.74) is -0.383. The highest BCUT2D eigenvalue weighted by Crippen LogP contribution is 2.26. The second-order valence-corrected chi connectivity index (χ2v) is 7.24. The minimum absolute atomic E-state index is 0.237. The van der Waals surface area contributed by atoms with E-state index in [0.29, 0.717) is 6.54 Å². The van der Waals surface area contributed by atoms with Crippen LogP contribution in [0.4, 0.5) is 5.69 Å². The molecule has 1 aromatic carbocycles. The molecule has 21 heavy (non-hydrogen) atoms. The summed E-state index contributed by atoms with van der Waals surface area (Å²) in [5, 5.41) is 14.2. The molecule has 1 saturated heterocycles. The molecule has 0 saturated carbocycles. The number of nitro groups is 1. The standard InChI is InChI=1S/C13H19N3O4S/c1-15(10-11-5-4-8-14-9-11)21(19,20)13-7-3-2-6-12(13)16(17)18/h2-3,6-7,11,14H,4-5,8-10H2,1H3. The van der Waals surface area contributed by atoms with Crippen LogP contribution in [0.5, 0.6) is 0 Å². The maximum Gasteiger partial charge on any atom is 0.289 e. The topological polar surface area (TPSA) is 92.6 Å². The van der Waals surface area contributed by atoms with Gasteiger partial charge in [0, 0.05) is 19.7 Å². The summed E-state index contributed by atoms with van der Waals surface area (Å²) in [4.78, 5) is 10.1. The van der Waals surface area contributed by atoms with Crippen LogP contribution < -0.4 is 5.32 Å². The second kappa shape index (κ2) is 6.50. The van der Waals surface area contributed by atoms with Crippen molar-refractivity contribution in [3.63, 3.8) is 0 Å². The Labute approximate surface area is 124 Å². The molecule has 0 aliphatic carbocycles. The van der Waals surface area contributed by atoms with Crippen LogP contribution in [0.3, 0.4) is 0 Å². The summed E-state index contributed by atoms with van der Waals surface area (Å²) in [6, 6.07) is 5.45. The number of hydrogen-bond acceptors (Lipinski definition) is 5. The largest absolute Gasteiger partial charge is 0.316 e. The predicted octanol–water partition coefficient (Wildman–Crippen LogP) is 1.21. The Morgan fingerprint density at radius 1 is 1.43 bits per heavy atom. The molecule has 1 unspecified atom stereocenters. The summed E-state index contributed by atoms with van der Waals surface area (Å²) < 4.78 is 26.3. The number of sulfonamides is 1.